The number of hydrogen-bond acceptors (Lipinski definition) is 6. The molecule has 0 aliphatic carbocycles. The first-order valence-corrected chi connectivity index (χ1v) is 24.3. The first kappa shape index (κ1) is 48.2. The molecule has 0 saturated heterocycles. The van der Waals surface area contributed by atoms with E-state index in [4.69, 9.17) is 21.5 Å². The molecule has 9 rings (SSSR count). The van der Waals surface area contributed by atoms with Crippen molar-refractivity contribution in [1.82, 2.24) is 0 Å². The Morgan fingerprint density at radius 2 is 0.500 bits per heavy atom. The smallest absolute Gasteiger partial charge is 0.233 e. The summed E-state index contributed by atoms with van der Waals surface area (Å²) in [6.45, 7) is 2.65. The van der Waals surface area contributed by atoms with Crippen LogP contribution in [0.3, 0.4) is 0 Å². The molecular formula is C56H44Br4N4O2. The Labute approximate surface area is 419 Å². The first-order valence-electron chi connectivity index (χ1n) is 21.1. The van der Waals surface area contributed by atoms with Gasteiger partial charge in [0.2, 0.25) is 11.6 Å². The summed E-state index contributed by atoms with van der Waals surface area (Å²) in [5, 5.41) is 0. The van der Waals surface area contributed by atoms with Gasteiger partial charge in [-0.05, 0) is 93.0 Å². The quantitative estimate of drug-likeness (QED) is 0.105. The Morgan fingerprint density at radius 1 is 0.318 bits per heavy atom. The van der Waals surface area contributed by atoms with E-state index in [0.717, 1.165) is 75.8 Å². The molecule has 0 unspecified atom stereocenters. The van der Waals surface area contributed by atoms with E-state index < -0.39 is 11.6 Å². The minimum atomic E-state index is -0.506. The molecule has 1 heterocycles. The van der Waals surface area contributed by atoms with Crippen LogP contribution >= 0.6 is 63.7 Å². The van der Waals surface area contributed by atoms with Gasteiger partial charge in [0.25, 0.3) is 0 Å². The van der Waals surface area contributed by atoms with E-state index in [1.807, 2.05) is 72.8 Å². The van der Waals surface area contributed by atoms with E-state index in [9.17, 15) is 9.59 Å². The zero-order valence-electron chi connectivity index (χ0n) is 35.7. The van der Waals surface area contributed by atoms with Crippen LogP contribution in [0.2, 0.25) is 0 Å². The highest BCUT2D eigenvalue weighted by Gasteiger charge is 2.19. The Bertz CT molecular complexity index is 2730. The lowest BCUT2D eigenvalue weighted by molar-refractivity contribution is 0.0817. The van der Waals surface area contributed by atoms with Crippen molar-refractivity contribution < 1.29 is 9.59 Å². The second-order valence-electron chi connectivity index (χ2n) is 15.0. The third kappa shape index (κ3) is 12.8. The van der Waals surface area contributed by atoms with Crippen molar-refractivity contribution in [1.29, 1.82) is 0 Å². The third-order valence-corrected chi connectivity index (χ3v) is 12.7. The van der Waals surface area contributed by atoms with Gasteiger partial charge in [-0.1, -0.05) is 209 Å². The average molecular weight is 1120 g/mol. The Kier molecular flexibility index (Phi) is 17.3. The number of carbonyl (C=O) groups excluding carboxylic acids is 2. The molecule has 10 heteroatoms. The SMILES string of the molecule is Brc1ccc(-c2ccc(C3=NCCN=C3c3ccc(-c4ccc(Br)cc4)cc3)cc2)cc1.NCCN.O=C(C(=O)c1ccc(-c2ccc(Br)cc2)cc1)c1ccc(-c2ccc(Br)cc2)cc1. The molecule has 0 bridgehead atoms. The van der Waals surface area contributed by atoms with Crippen molar-refractivity contribution in [3.05, 3.63) is 234 Å². The molecule has 0 saturated carbocycles. The van der Waals surface area contributed by atoms with Gasteiger partial charge in [0, 0.05) is 53.2 Å². The van der Waals surface area contributed by atoms with Crippen molar-refractivity contribution in [2.24, 2.45) is 21.5 Å². The van der Waals surface area contributed by atoms with Gasteiger partial charge in [0.15, 0.2) is 0 Å². The number of hydrogen-bond donors (Lipinski definition) is 2. The van der Waals surface area contributed by atoms with E-state index in [1.54, 1.807) is 24.3 Å². The molecular weight excluding hydrogens is 1080 g/mol. The zero-order valence-corrected chi connectivity index (χ0v) is 42.0. The lowest BCUT2D eigenvalue weighted by Gasteiger charge is -2.16. The summed E-state index contributed by atoms with van der Waals surface area (Å²) >= 11 is 13.8. The summed E-state index contributed by atoms with van der Waals surface area (Å²) in [5.41, 5.74) is 23.6. The molecule has 66 heavy (non-hydrogen) atoms. The van der Waals surface area contributed by atoms with Crippen LogP contribution in [-0.2, 0) is 0 Å². The molecule has 0 amide bonds. The highest BCUT2D eigenvalue weighted by atomic mass is 79.9. The third-order valence-electron chi connectivity index (χ3n) is 10.6. The number of nitrogens with two attached hydrogens (primary N) is 2. The number of Topliss-reactive ketones (excluding diaryl/α,β-unsaturated/α-hetero) is 2. The maximum atomic E-state index is 12.7. The summed E-state index contributed by atoms with van der Waals surface area (Å²) in [4.78, 5) is 35.0. The Balaban J connectivity index is 0.000000182. The van der Waals surface area contributed by atoms with E-state index >= 15 is 0 Å². The maximum Gasteiger partial charge on any atom is 0.233 e. The molecule has 1 aliphatic heterocycles. The standard InChI is InChI=1S/C28H20Br2N2.C26H16Br2O2.C2H8N2/c29-25-13-9-21(10-14-25)19-1-5-23(6-2-19)27-28(32-18-17-31-27)24-7-3-20(4-8-24)22-11-15-26(30)16-12-22;27-23-13-9-19(10-14-23)17-1-5-21(6-2-17)25(29)26(30)22-7-3-18(4-8-22)20-11-15-24(28)16-12-20;3-1-2-4/h1-16H,17-18H2;1-16H;1-4H2. The van der Waals surface area contributed by atoms with Crippen LogP contribution in [0.5, 0.6) is 0 Å². The Morgan fingerprint density at radius 3 is 0.712 bits per heavy atom. The molecule has 328 valence electrons. The highest BCUT2D eigenvalue weighted by Crippen LogP contribution is 2.27. The second kappa shape index (κ2) is 23.6. The molecule has 6 nitrogen and oxygen atoms in total. The first-order chi connectivity index (χ1) is 32.1. The van der Waals surface area contributed by atoms with E-state index in [0.29, 0.717) is 24.2 Å². The molecule has 4 N–H and O–H groups in total. The van der Waals surface area contributed by atoms with Crippen molar-refractivity contribution in [3.8, 4) is 44.5 Å². The predicted octanol–water partition coefficient (Wildman–Crippen LogP) is 14.4. The summed E-state index contributed by atoms with van der Waals surface area (Å²) in [7, 11) is 0. The van der Waals surface area contributed by atoms with Crippen LogP contribution in [0.1, 0.15) is 31.8 Å². The molecule has 0 fully saturated rings. The van der Waals surface area contributed by atoms with Gasteiger partial charge in [0.05, 0.1) is 24.5 Å². The van der Waals surface area contributed by atoms with E-state index in [1.165, 1.54) is 22.3 Å². The summed E-state index contributed by atoms with van der Waals surface area (Å²) < 4.78 is 4.19. The van der Waals surface area contributed by atoms with Gasteiger partial charge in [0.1, 0.15) is 0 Å². The Hall–Kier alpha value is -5.72. The molecule has 0 aromatic heterocycles. The normalized spacial score (nSPS) is 11.8. The largest absolute Gasteiger partial charge is 0.329 e. The monoisotopic (exact) mass is 1120 g/mol. The maximum absolute atomic E-state index is 12.7. The minimum Gasteiger partial charge on any atom is -0.329 e. The lowest BCUT2D eigenvalue weighted by atomic mass is 9.95. The van der Waals surface area contributed by atoms with Crippen molar-refractivity contribution in [2.45, 2.75) is 0 Å². The van der Waals surface area contributed by atoms with Crippen molar-refractivity contribution in [2.75, 3.05) is 26.2 Å². The molecule has 1 aliphatic rings. The fourth-order valence-corrected chi connectivity index (χ4v) is 8.09. The highest BCUT2D eigenvalue weighted by molar-refractivity contribution is 9.11. The number of carbonyl (C=O) groups is 2. The van der Waals surface area contributed by atoms with Crippen LogP contribution in [-0.4, -0.2) is 49.2 Å². The van der Waals surface area contributed by atoms with Crippen molar-refractivity contribution in [3.63, 3.8) is 0 Å². The molecule has 0 radical (unpaired) electrons. The number of rotatable bonds is 10. The fourth-order valence-electron chi connectivity index (χ4n) is 7.03. The predicted molar refractivity (Wildman–Crippen MR) is 288 cm³/mol. The topological polar surface area (TPSA) is 111 Å². The molecule has 0 spiro atoms. The van der Waals surface area contributed by atoms with Crippen LogP contribution in [0.4, 0.5) is 0 Å². The number of ketones is 2. The van der Waals surface area contributed by atoms with Crippen LogP contribution in [0.15, 0.2) is 222 Å². The minimum absolute atomic E-state index is 0.387. The van der Waals surface area contributed by atoms with Crippen LogP contribution < -0.4 is 11.5 Å². The van der Waals surface area contributed by atoms with Crippen molar-refractivity contribution >= 4 is 86.7 Å². The summed E-state index contributed by atoms with van der Waals surface area (Å²) in [5.74, 6) is -1.01. The number of halogens is 4. The number of aliphatic imine (C=N–C) groups is 2. The van der Waals surface area contributed by atoms with Gasteiger partial charge in [-0.25, -0.2) is 0 Å². The summed E-state index contributed by atoms with van der Waals surface area (Å²) in [6, 6.07) is 64.1. The average Bonchev–Trinajstić information content (AvgIpc) is 3.37. The van der Waals surface area contributed by atoms with Gasteiger partial charge in [-0.15, -0.1) is 0 Å². The molecule has 0 atom stereocenters. The van der Waals surface area contributed by atoms with Gasteiger partial charge in [-0.2, -0.15) is 0 Å². The van der Waals surface area contributed by atoms with Gasteiger partial charge >= 0.3 is 0 Å². The second-order valence-corrected chi connectivity index (χ2v) is 18.7. The van der Waals surface area contributed by atoms with Gasteiger partial charge < -0.3 is 11.5 Å². The lowest BCUT2D eigenvalue weighted by Crippen LogP contribution is -2.22. The summed E-state index contributed by atoms with van der Waals surface area (Å²) in [6.07, 6.45) is 0. The molecule has 8 aromatic carbocycles. The van der Waals surface area contributed by atoms with E-state index in [-0.39, 0.29) is 0 Å². The number of nitrogens with zero attached hydrogens (tertiary/aromatic N) is 2. The van der Waals surface area contributed by atoms with Crippen LogP contribution in [0.25, 0.3) is 44.5 Å². The number of benzene rings is 8. The molecule has 8 aromatic rings. The van der Waals surface area contributed by atoms with E-state index in [2.05, 4.69) is 161 Å². The van der Waals surface area contributed by atoms with Gasteiger partial charge in [-0.3, -0.25) is 19.6 Å². The zero-order chi connectivity index (χ0) is 46.4. The van der Waals surface area contributed by atoms with Crippen LogP contribution in [0, 0.1) is 0 Å². The fraction of sp³-hybridized carbons (Fsp3) is 0.0714.